The van der Waals surface area contributed by atoms with Crippen molar-refractivity contribution in [3.05, 3.63) is 48.7 Å². The number of rotatable bonds is 3. The maximum absolute atomic E-state index is 5.46. The molecule has 0 radical (unpaired) electrons. The van der Waals surface area contributed by atoms with Crippen molar-refractivity contribution in [3.8, 4) is 0 Å². The summed E-state index contributed by atoms with van der Waals surface area (Å²) in [6.45, 7) is 0. The van der Waals surface area contributed by atoms with E-state index in [9.17, 15) is 0 Å². The highest BCUT2D eigenvalue weighted by Gasteiger charge is 2.09. The zero-order valence-corrected chi connectivity index (χ0v) is 11.9. The summed E-state index contributed by atoms with van der Waals surface area (Å²) in [5.74, 6) is 1.16. The van der Waals surface area contributed by atoms with Gasteiger partial charge in [-0.05, 0) is 34.7 Å². The van der Waals surface area contributed by atoms with Gasteiger partial charge < -0.3 is 10.6 Å². The second-order valence-corrected chi connectivity index (χ2v) is 4.68. The highest BCUT2D eigenvalue weighted by molar-refractivity contribution is 14.1. The molecule has 2 rings (SSSR count). The molecular weight excluding hydrogens is 341 g/mol. The molecule has 0 saturated carbocycles. The number of halogens is 1. The van der Waals surface area contributed by atoms with Crippen LogP contribution in [0.2, 0.25) is 0 Å². The molecule has 0 spiro atoms. The van der Waals surface area contributed by atoms with Gasteiger partial charge >= 0.3 is 0 Å². The molecule has 0 atom stereocenters. The summed E-state index contributed by atoms with van der Waals surface area (Å²) in [5.41, 5.74) is 6.47. The van der Waals surface area contributed by atoms with Crippen LogP contribution in [0.3, 0.4) is 0 Å². The van der Waals surface area contributed by atoms with Crippen LogP contribution in [0.4, 0.5) is 11.6 Å². The Balaban J connectivity index is 2.34. The summed E-state index contributed by atoms with van der Waals surface area (Å²) in [7, 11) is 1.91. The Morgan fingerprint density at radius 3 is 2.67 bits per heavy atom. The first-order valence-corrected chi connectivity index (χ1v) is 6.36. The van der Waals surface area contributed by atoms with Crippen LogP contribution >= 0.6 is 22.6 Å². The molecule has 5 nitrogen and oxygen atoms in total. The smallest absolute Gasteiger partial charge is 0.233 e. The molecule has 2 N–H and O–H groups in total. The number of para-hydroxylation sites is 1. The van der Waals surface area contributed by atoms with Crippen LogP contribution in [0.15, 0.2) is 42.9 Å². The molecule has 0 aliphatic heterocycles. The van der Waals surface area contributed by atoms with E-state index >= 15 is 0 Å². The Bertz CT molecular complexity index is 555. The molecule has 6 heteroatoms. The van der Waals surface area contributed by atoms with E-state index in [0.29, 0.717) is 11.8 Å². The molecule has 1 heterocycles. The molecule has 0 amide bonds. The van der Waals surface area contributed by atoms with E-state index in [1.807, 2.05) is 42.3 Å². The lowest BCUT2D eigenvalue weighted by atomic mass is 10.3. The molecule has 18 heavy (non-hydrogen) atoms. The Kier molecular flexibility index (Phi) is 4.08. The quantitative estimate of drug-likeness (QED) is 0.858. The fraction of sp³-hybridized carbons (Fsp3) is 0.0833. The highest BCUT2D eigenvalue weighted by Crippen LogP contribution is 2.21. The second kappa shape index (κ2) is 5.76. The molecule has 1 aromatic carbocycles. The van der Waals surface area contributed by atoms with Crippen molar-refractivity contribution in [2.24, 2.45) is 5.73 Å². The maximum atomic E-state index is 5.46. The summed E-state index contributed by atoms with van der Waals surface area (Å²) in [4.78, 5) is 14.5. The van der Waals surface area contributed by atoms with Gasteiger partial charge in [-0.2, -0.15) is 4.98 Å². The summed E-state index contributed by atoms with van der Waals surface area (Å²) in [5, 5.41) is 0. The number of nitrogens with two attached hydrogens (primary N) is 1. The number of anilines is 2. The third kappa shape index (κ3) is 2.76. The van der Waals surface area contributed by atoms with Crippen molar-refractivity contribution in [2.75, 3.05) is 11.9 Å². The van der Waals surface area contributed by atoms with E-state index in [4.69, 9.17) is 5.73 Å². The van der Waals surface area contributed by atoms with E-state index in [1.54, 1.807) is 0 Å². The van der Waals surface area contributed by atoms with E-state index in [-0.39, 0.29) is 0 Å². The van der Waals surface area contributed by atoms with Gasteiger partial charge in [0.2, 0.25) is 5.95 Å². The van der Waals surface area contributed by atoms with E-state index < -0.39 is 0 Å². The third-order valence-corrected chi connectivity index (χ3v) is 3.20. The standard InChI is InChI=1S/C12H12IN5/c1-18(9-5-3-2-4-6-9)12-16-8-15-11(17-12)10(13)7-14/h2-8H,14H2,1H3. The average molecular weight is 353 g/mol. The number of hydrogen-bond donors (Lipinski definition) is 1. The normalized spacial score (nSPS) is 11.3. The van der Waals surface area contributed by atoms with Gasteiger partial charge in [0.1, 0.15) is 6.33 Å². The lowest BCUT2D eigenvalue weighted by Crippen LogP contribution is -2.14. The predicted molar refractivity (Wildman–Crippen MR) is 80.5 cm³/mol. The molecule has 92 valence electrons. The van der Waals surface area contributed by atoms with E-state index in [2.05, 4.69) is 37.5 Å². The first-order chi connectivity index (χ1) is 8.72. The molecule has 0 aliphatic rings. The maximum Gasteiger partial charge on any atom is 0.233 e. The van der Waals surface area contributed by atoms with Gasteiger partial charge in [0.15, 0.2) is 5.82 Å². The summed E-state index contributed by atoms with van der Waals surface area (Å²) >= 11 is 2.09. The van der Waals surface area contributed by atoms with E-state index in [1.165, 1.54) is 12.5 Å². The molecule has 0 bridgehead atoms. The second-order valence-electron chi connectivity index (χ2n) is 3.52. The zero-order chi connectivity index (χ0) is 13.0. The van der Waals surface area contributed by atoms with Crippen LogP contribution in [0, 0.1) is 0 Å². The first-order valence-electron chi connectivity index (χ1n) is 5.28. The predicted octanol–water partition coefficient (Wildman–Crippen LogP) is 2.33. The molecule has 0 unspecified atom stereocenters. The number of aromatic nitrogens is 3. The summed E-state index contributed by atoms with van der Waals surface area (Å²) in [6.07, 6.45) is 2.96. The SMILES string of the molecule is CN(c1ccccc1)c1ncnc(C(I)=CN)n1. The minimum atomic E-state index is 0.575. The average Bonchev–Trinajstić information content (AvgIpc) is 2.46. The van der Waals surface area contributed by atoms with Crippen LogP contribution in [-0.2, 0) is 0 Å². The Hall–Kier alpha value is -1.70. The Morgan fingerprint density at radius 1 is 1.28 bits per heavy atom. The van der Waals surface area contributed by atoms with Gasteiger partial charge in [0, 0.05) is 18.9 Å². The zero-order valence-electron chi connectivity index (χ0n) is 9.79. The van der Waals surface area contributed by atoms with Crippen LogP contribution in [0.5, 0.6) is 0 Å². The van der Waals surface area contributed by atoms with Crippen molar-refractivity contribution in [2.45, 2.75) is 0 Å². The van der Waals surface area contributed by atoms with Crippen molar-refractivity contribution in [3.63, 3.8) is 0 Å². The monoisotopic (exact) mass is 353 g/mol. The van der Waals surface area contributed by atoms with Crippen molar-refractivity contribution >= 4 is 37.8 Å². The van der Waals surface area contributed by atoms with Crippen LogP contribution in [-0.4, -0.2) is 22.0 Å². The van der Waals surface area contributed by atoms with Gasteiger partial charge in [0.25, 0.3) is 0 Å². The molecule has 0 fully saturated rings. The van der Waals surface area contributed by atoms with Gasteiger partial charge in [0.05, 0.1) is 3.58 Å². The minimum absolute atomic E-state index is 0.575. The van der Waals surface area contributed by atoms with Gasteiger partial charge in [-0.25, -0.2) is 9.97 Å². The first kappa shape index (κ1) is 12.7. The molecule has 1 aromatic heterocycles. The summed E-state index contributed by atoms with van der Waals surface area (Å²) < 4.78 is 0.790. The van der Waals surface area contributed by atoms with Crippen LogP contribution in [0.1, 0.15) is 5.82 Å². The molecule has 0 aliphatic carbocycles. The number of benzene rings is 1. The number of hydrogen-bond acceptors (Lipinski definition) is 5. The van der Waals surface area contributed by atoms with Crippen LogP contribution in [0.25, 0.3) is 3.58 Å². The van der Waals surface area contributed by atoms with Gasteiger partial charge in [-0.1, -0.05) is 18.2 Å². The molecular formula is C12H12IN5. The van der Waals surface area contributed by atoms with Gasteiger partial charge in [-0.3, -0.25) is 0 Å². The van der Waals surface area contributed by atoms with Crippen molar-refractivity contribution in [1.29, 1.82) is 0 Å². The lowest BCUT2D eigenvalue weighted by Gasteiger charge is -2.16. The van der Waals surface area contributed by atoms with E-state index in [0.717, 1.165) is 9.27 Å². The Labute approximate surface area is 119 Å². The fourth-order valence-electron chi connectivity index (χ4n) is 1.41. The molecule has 0 saturated heterocycles. The highest BCUT2D eigenvalue weighted by atomic mass is 127. The topological polar surface area (TPSA) is 67.9 Å². The molecule has 2 aromatic rings. The number of nitrogens with zero attached hydrogens (tertiary/aromatic N) is 4. The van der Waals surface area contributed by atoms with Crippen LogP contribution < -0.4 is 10.6 Å². The summed E-state index contributed by atoms with van der Waals surface area (Å²) in [6, 6.07) is 9.89. The van der Waals surface area contributed by atoms with Crippen molar-refractivity contribution in [1.82, 2.24) is 15.0 Å². The minimum Gasteiger partial charge on any atom is -0.404 e. The van der Waals surface area contributed by atoms with Crippen molar-refractivity contribution < 1.29 is 0 Å². The largest absolute Gasteiger partial charge is 0.404 e. The fourth-order valence-corrected chi connectivity index (χ4v) is 1.67. The third-order valence-electron chi connectivity index (χ3n) is 2.36. The van der Waals surface area contributed by atoms with Gasteiger partial charge in [-0.15, -0.1) is 0 Å². The Morgan fingerprint density at radius 2 is 2.00 bits per heavy atom. The lowest BCUT2D eigenvalue weighted by molar-refractivity contribution is 0.970.